The van der Waals surface area contributed by atoms with Gasteiger partial charge in [0.2, 0.25) is 18.1 Å². The molecule has 2 unspecified atom stereocenters. The Morgan fingerprint density at radius 2 is 1.59 bits per heavy atom. The van der Waals surface area contributed by atoms with Gasteiger partial charge in [0.25, 0.3) is 21.9 Å². The van der Waals surface area contributed by atoms with Crippen LogP contribution in [0.25, 0.3) is 32.6 Å². The van der Waals surface area contributed by atoms with E-state index in [-0.39, 0.29) is 105 Å². The van der Waals surface area contributed by atoms with Gasteiger partial charge in [0.15, 0.2) is 16.9 Å². The number of aromatic nitrogens is 4. The van der Waals surface area contributed by atoms with Crippen LogP contribution in [0.1, 0.15) is 112 Å². The fourth-order valence-corrected chi connectivity index (χ4v) is 18.5. The number of nitrogens with one attached hydrogen (secondary N) is 3. The molecule has 3 aromatic carbocycles. The molecule has 3 aromatic heterocycles. The first-order valence-electron chi connectivity index (χ1n) is 35.7. The predicted octanol–water partition coefficient (Wildman–Crippen LogP) is 6.26. The molecule has 8 atom stereocenters. The number of ether oxygens (including phenoxy) is 6. The Morgan fingerprint density at radius 1 is 0.833 bits per heavy atom. The van der Waals surface area contributed by atoms with Gasteiger partial charge < -0.3 is 69.5 Å². The van der Waals surface area contributed by atoms with E-state index in [1.165, 1.54) is 34.4 Å². The van der Waals surface area contributed by atoms with E-state index in [1.807, 2.05) is 54.1 Å². The molecule has 5 fully saturated rings. The maximum absolute atomic E-state index is 13.8. The molecule has 32 nitrogen and oxygen atoms in total. The number of aliphatic hydroxyl groups is 3. The molecule has 6 heterocycles. The Morgan fingerprint density at radius 3 is 2.32 bits per heavy atom. The molecule has 13 rings (SSSR count). The summed E-state index contributed by atoms with van der Waals surface area (Å²) in [5, 5.41) is 65.0. The average Bonchev–Trinajstić information content (AvgIpc) is 0.723. The quantitative estimate of drug-likeness (QED) is 0.0128. The zero-order valence-electron chi connectivity index (χ0n) is 60.1. The van der Waals surface area contributed by atoms with Gasteiger partial charge in [-0.05, 0) is 135 Å². The van der Waals surface area contributed by atoms with Crippen LogP contribution in [0.2, 0.25) is 0 Å². The number of para-hydroxylation sites is 1. The Hall–Kier alpha value is -9.52. The van der Waals surface area contributed by atoms with Gasteiger partial charge in [-0.2, -0.15) is 13.5 Å². The highest BCUT2D eigenvalue weighted by atomic mass is 32.2. The van der Waals surface area contributed by atoms with Crippen LogP contribution >= 0.6 is 11.3 Å². The van der Waals surface area contributed by atoms with Crippen molar-refractivity contribution < 1.29 is 105 Å². The number of unbranched alkanes of at least 4 members (excludes halogenated alkanes) is 2. The fourth-order valence-electron chi connectivity index (χ4n) is 17.0. The van der Waals surface area contributed by atoms with Gasteiger partial charge in [0.1, 0.15) is 54.8 Å². The number of anilines is 2. The van der Waals surface area contributed by atoms with Crippen molar-refractivity contribution in [3.8, 4) is 33.9 Å². The second kappa shape index (κ2) is 32.3. The molecule has 4 bridgehead atoms. The first-order valence-corrected chi connectivity index (χ1v) is 38.1. The lowest BCUT2D eigenvalue weighted by Crippen LogP contribution is -2.64. The summed E-state index contributed by atoms with van der Waals surface area (Å²) in [4.78, 5) is 116. The third-order valence-corrected chi connectivity index (χ3v) is 22.4. The number of imide groups is 1. The summed E-state index contributed by atoms with van der Waals surface area (Å²) in [6, 6.07) is 19.2. The number of benzene rings is 3. The topological polar surface area (TPSA) is 437 Å². The number of aryl methyl sites for hydroxylation is 1. The van der Waals surface area contributed by atoms with Crippen LogP contribution < -0.4 is 30.3 Å². The van der Waals surface area contributed by atoms with Crippen molar-refractivity contribution in [3.63, 3.8) is 0 Å². The van der Waals surface area contributed by atoms with E-state index in [4.69, 9.17) is 38.5 Å². The van der Waals surface area contributed by atoms with Gasteiger partial charge >= 0.3 is 24.1 Å². The maximum atomic E-state index is 13.8. The van der Waals surface area contributed by atoms with Gasteiger partial charge in [-0.25, -0.2) is 29.1 Å². The summed E-state index contributed by atoms with van der Waals surface area (Å²) >= 11 is 1.40. The zero-order chi connectivity index (χ0) is 77.0. The number of aliphatic carboxylic acids is 1. The van der Waals surface area contributed by atoms with Gasteiger partial charge in [-0.3, -0.25) is 43.5 Å². The van der Waals surface area contributed by atoms with Crippen LogP contribution in [0.4, 0.5) is 20.4 Å². The van der Waals surface area contributed by atoms with Gasteiger partial charge in [0, 0.05) is 98.0 Å². The van der Waals surface area contributed by atoms with Crippen LogP contribution in [0.5, 0.6) is 11.5 Å². The molecule has 578 valence electrons. The standard InChI is InChI=1S/C74H88N10O22S2/c1-43-49(48-19-20-50(78-59(48)65(92)93)45-16-15-44-11-10-25-82(53(44)31-45)69(96)80-68-79-51-12-7-8-13-55(51)107-68)33-76-84(43)42-73-37-71(2)36-72(3,38-73)40-74(39-71,41-73)104-28-26-81(4)70(97)103-34-46-17-18-47(105-67-62(90)60(88)61(89)63(106-67)66(94)95)32-54(46)102-30-29-101-27-23-75-64(91)52(35-108(98,99)100)77-56(85)14-6-5-9-24-83-57(86)21-22-58(83)87/h7-8,12-13,15-22,31-33,52,60-63,67,88-90H,5-6,9-11,14,23-30,34-42H2,1-4H3,(H,75,91)(H,77,85)(H,92,93)(H,94,95)(H,79,80,96)(H,98,99,100)/t52-,60-,61-,62+,63-,67+,71?,72?,73?,74?/m0/s1. The fraction of sp³-hybridized carbons (Fsp3) is 0.500. The van der Waals surface area contributed by atoms with Crippen molar-refractivity contribution in [3.05, 3.63) is 114 Å². The van der Waals surface area contributed by atoms with E-state index < -0.39 is 99.9 Å². The number of pyridine rings is 1. The Bertz CT molecular complexity index is 4520. The van der Waals surface area contributed by atoms with Crippen LogP contribution in [0.15, 0.2) is 91.1 Å². The smallest absolute Gasteiger partial charge is 0.409 e. The number of thiazole rings is 1. The number of carboxylic acid groups (broad SMARTS) is 2. The van der Waals surface area contributed by atoms with E-state index in [0.29, 0.717) is 64.7 Å². The number of carboxylic acids is 2. The van der Waals surface area contributed by atoms with E-state index in [2.05, 4.69) is 34.8 Å². The molecule has 4 aliphatic carbocycles. The molecule has 1 saturated heterocycles. The molecule has 0 radical (unpaired) electrons. The number of aromatic carboxylic acids is 1. The number of hydrogen-bond donors (Lipinski definition) is 9. The maximum Gasteiger partial charge on any atom is 0.409 e. The lowest BCUT2D eigenvalue weighted by atomic mass is 9.39. The monoisotopic (exact) mass is 1530 g/mol. The van der Waals surface area contributed by atoms with E-state index >= 15 is 0 Å². The number of urea groups is 1. The minimum atomic E-state index is -4.75. The second-order valence-corrected chi connectivity index (χ2v) is 32.1. The third-order valence-electron chi connectivity index (χ3n) is 20.7. The number of nitrogens with zero attached hydrogens (tertiary/aromatic N) is 7. The number of carbonyl (C=O) groups is 8. The predicted molar refractivity (Wildman–Crippen MR) is 388 cm³/mol. The summed E-state index contributed by atoms with van der Waals surface area (Å²) in [7, 11) is -3.17. The molecular formula is C74H88N10O22S2. The normalized spacial score (nSPS) is 24.5. The zero-order valence-corrected chi connectivity index (χ0v) is 61.7. The summed E-state index contributed by atoms with van der Waals surface area (Å²) < 4.78 is 71.7. The number of likely N-dealkylation sites (N-methyl/N-ethyl adjacent to an activating group) is 1. The Balaban J connectivity index is 0.650. The number of fused-ring (bicyclic) bond motifs is 2. The van der Waals surface area contributed by atoms with Crippen molar-refractivity contribution in [1.82, 2.24) is 40.2 Å². The molecule has 7 amide bonds. The SMILES string of the molecule is Cc1c(-c2ccc(-c3ccc4c(c3)N(C(=O)Nc3nc5ccccc5s3)CCC4)nc2C(=O)O)cnn1CC12CC3(C)CC(C)(C1)CC(OCCN(C)C(=O)OCc1ccc(O[C@@H]4O[C@H](C(=O)O)[C@@H](O)[C@H](O)[C@H]4O)cc1OCCOCCNC(=O)[C@H](CS(=O)(=O)O)NC(=O)CCCCCN1C(=O)C=CC1=O)(C3)C2. The first kappa shape index (κ1) is 78.1. The lowest BCUT2D eigenvalue weighted by molar-refractivity contribution is -0.271. The average molecular weight is 1530 g/mol. The minimum Gasteiger partial charge on any atom is -0.491 e. The Kier molecular flexibility index (Phi) is 23.4. The number of carbonyl (C=O) groups excluding carboxylic acids is 6. The molecule has 7 aliphatic rings. The number of hydrogen-bond acceptors (Lipinski definition) is 23. The Labute approximate surface area is 625 Å². The molecule has 3 aliphatic heterocycles. The lowest BCUT2D eigenvalue weighted by Gasteiger charge is -2.69. The van der Waals surface area contributed by atoms with Crippen molar-refractivity contribution in [2.45, 2.75) is 153 Å². The summed E-state index contributed by atoms with van der Waals surface area (Å²) in [6.07, 6.45) is 1.46. The highest BCUT2D eigenvalue weighted by Crippen LogP contribution is 2.72. The first-order chi connectivity index (χ1) is 51.4. The minimum absolute atomic E-state index is 0.0542. The van der Waals surface area contributed by atoms with Crippen molar-refractivity contribution >= 4 is 90.2 Å². The number of aliphatic hydroxyl groups excluding tert-OH is 3. The summed E-state index contributed by atoms with van der Waals surface area (Å²) in [6.45, 7) is 7.07. The van der Waals surface area contributed by atoms with Crippen LogP contribution in [0.3, 0.4) is 0 Å². The summed E-state index contributed by atoms with van der Waals surface area (Å²) in [5.74, 6) is -6.46. The second-order valence-electron chi connectivity index (χ2n) is 29.6. The highest BCUT2D eigenvalue weighted by Gasteiger charge is 2.66. The van der Waals surface area contributed by atoms with Crippen molar-refractivity contribution in [2.75, 3.05) is 75.6 Å². The van der Waals surface area contributed by atoms with Crippen molar-refractivity contribution in [1.29, 1.82) is 0 Å². The van der Waals surface area contributed by atoms with Gasteiger partial charge in [-0.1, -0.05) is 55.9 Å². The van der Waals surface area contributed by atoms with Crippen LogP contribution in [0, 0.1) is 23.2 Å². The highest BCUT2D eigenvalue weighted by molar-refractivity contribution is 7.85. The number of amides is 7. The van der Waals surface area contributed by atoms with E-state index in [9.17, 15) is 76.9 Å². The molecule has 9 N–H and O–H groups in total. The summed E-state index contributed by atoms with van der Waals surface area (Å²) in [5.41, 5.74) is 4.66. The largest absolute Gasteiger partial charge is 0.491 e. The molecular weight excluding hydrogens is 1440 g/mol. The molecule has 108 heavy (non-hydrogen) atoms. The number of rotatable bonds is 32. The third kappa shape index (κ3) is 18.1. The van der Waals surface area contributed by atoms with E-state index in [0.717, 1.165) is 89.9 Å². The van der Waals surface area contributed by atoms with Crippen LogP contribution in [-0.2, 0) is 72.6 Å². The van der Waals surface area contributed by atoms with Crippen molar-refractivity contribution in [2.24, 2.45) is 16.2 Å². The molecule has 0 spiro atoms. The van der Waals surface area contributed by atoms with E-state index in [1.54, 1.807) is 30.3 Å². The van der Waals surface area contributed by atoms with Gasteiger partial charge in [0.05, 0.1) is 47.5 Å². The molecule has 6 aromatic rings. The molecule has 34 heteroatoms. The van der Waals surface area contributed by atoms with Crippen LogP contribution in [-0.4, -0.2) is 223 Å². The van der Waals surface area contributed by atoms with Gasteiger partial charge in [-0.15, -0.1) is 0 Å². The molecule has 4 saturated carbocycles.